The Labute approximate surface area is 163 Å². The van der Waals surface area contributed by atoms with E-state index in [9.17, 15) is 4.79 Å². The molecule has 1 aromatic carbocycles. The van der Waals surface area contributed by atoms with Gasteiger partial charge in [0.2, 0.25) is 5.91 Å². The van der Waals surface area contributed by atoms with E-state index >= 15 is 0 Å². The number of anilines is 1. The Hall–Kier alpha value is -0.970. The third kappa shape index (κ3) is 5.50. The van der Waals surface area contributed by atoms with Crippen LogP contribution in [0, 0.1) is 5.92 Å². The first kappa shape index (κ1) is 22.1. The molecule has 1 aliphatic carbocycles. The summed E-state index contributed by atoms with van der Waals surface area (Å²) in [6, 6.07) is 11.3. The molecular formula is C19H31Cl2N3O. The van der Waals surface area contributed by atoms with Crippen LogP contribution in [0.4, 0.5) is 5.69 Å². The first-order valence-corrected chi connectivity index (χ1v) is 8.97. The van der Waals surface area contributed by atoms with E-state index in [1.807, 2.05) is 6.07 Å². The minimum Gasteiger partial charge on any atom is -0.371 e. The normalized spacial score (nSPS) is 24.0. The van der Waals surface area contributed by atoms with Crippen LogP contribution in [-0.4, -0.2) is 43.0 Å². The molecule has 2 N–H and O–H groups in total. The average molecular weight is 388 g/mol. The van der Waals surface area contributed by atoms with Crippen LogP contribution in [0.3, 0.4) is 0 Å². The summed E-state index contributed by atoms with van der Waals surface area (Å²) in [5.41, 5.74) is 7.30. The lowest BCUT2D eigenvalue weighted by molar-refractivity contribution is -0.137. The highest BCUT2D eigenvalue weighted by Gasteiger charge is 2.32. The lowest BCUT2D eigenvalue weighted by atomic mass is 9.85. The second kappa shape index (κ2) is 10.2. The van der Waals surface area contributed by atoms with Gasteiger partial charge in [-0.25, -0.2) is 0 Å². The third-order valence-corrected chi connectivity index (χ3v) is 5.55. The Morgan fingerprint density at radius 2 is 1.72 bits per heavy atom. The van der Waals surface area contributed by atoms with Crippen molar-refractivity contribution in [3.8, 4) is 0 Å². The van der Waals surface area contributed by atoms with E-state index in [-0.39, 0.29) is 36.8 Å². The Morgan fingerprint density at radius 1 is 1.08 bits per heavy atom. The maximum absolute atomic E-state index is 12.7. The topological polar surface area (TPSA) is 49.6 Å². The zero-order chi connectivity index (χ0) is 16.2. The molecule has 1 saturated heterocycles. The molecule has 0 spiro atoms. The fraction of sp³-hybridized carbons (Fsp3) is 0.632. The molecule has 6 heteroatoms. The van der Waals surface area contributed by atoms with E-state index in [1.54, 1.807) is 0 Å². The van der Waals surface area contributed by atoms with Crippen LogP contribution in [0.15, 0.2) is 30.3 Å². The van der Waals surface area contributed by atoms with E-state index in [1.165, 1.54) is 5.69 Å². The van der Waals surface area contributed by atoms with Crippen molar-refractivity contribution in [2.45, 2.75) is 50.6 Å². The van der Waals surface area contributed by atoms with Crippen LogP contribution in [0.2, 0.25) is 0 Å². The van der Waals surface area contributed by atoms with Gasteiger partial charge in [-0.1, -0.05) is 24.6 Å². The molecule has 1 aliphatic heterocycles. The molecule has 2 unspecified atom stereocenters. The van der Waals surface area contributed by atoms with Crippen LogP contribution >= 0.6 is 24.8 Å². The van der Waals surface area contributed by atoms with Crippen molar-refractivity contribution in [3.63, 3.8) is 0 Å². The number of hydrogen-bond acceptors (Lipinski definition) is 3. The van der Waals surface area contributed by atoms with Gasteiger partial charge in [0.05, 0.1) is 0 Å². The van der Waals surface area contributed by atoms with E-state index in [0.29, 0.717) is 11.9 Å². The zero-order valence-corrected chi connectivity index (χ0v) is 16.6. The number of hydrogen-bond donors (Lipinski definition) is 1. The minimum absolute atomic E-state index is 0. The highest BCUT2D eigenvalue weighted by atomic mass is 35.5. The molecule has 2 aliphatic rings. The van der Waals surface area contributed by atoms with Crippen molar-refractivity contribution in [1.82, 2.24) is 4.90 Å². The van der Waals surface area contributed by atoms with Gasteiger partial charge in [0.25, 0.3) is 0 Å². The minimum atomic E-state index is 0. The fourth-order valence-electron chi connectivity index (χ4n) is 4.06. The van der Waals surface area contributed by atoms with Gasteiger partial charge < -0.3 is 15.5 Å². The molecule has 25 heavy (non-hydrogen) atoms. The van der Waals surface area contributed by atoms with E-state index in [4.69, 9.17) is 5.73 Å². The zero-order valence-electron chi connectivity index (χ0n) is 15.0. The van der Waals surface area contributed by atoms with E-state index in [2.05, 4.69) is 41.1 Å². The Bertz CT molecular complexity index is 521. The molecule has 1 aromatic rings. The van der Waals surface area contributed by atoms with Crippen molar-refractivity contribution < 1.29 is 4.79 Å². The van der Waals surface area contributed by atoms with Crippen molar-refractivity contribution >= 4 is 36.4 Å². The maximum atomic E-state index is 12.7. The standard InChI is InChI=1S/C19H29N3O.2ClH/c1-21(17-8-3-2-4-9-17)18-10-12-22(13-11-18)19(23)15-6-5-7-16(20)14-15;;/h2-4,8-9,15-16,18H,5-7,10-14,20H2,1H3;2*1H. The number of halogens is 2. The number of para-hydroxylation sites is 1. The van der Waals surface area contributed by atoms with Crippen molar-refractivity contribution in [1.29, 1.82) is 0 Å². The lowest BCUT2D eigenvalue weighted by Gasteiger charge is -2.39. The molecule has 3 rings (SSSR count). The Kier molecular flexibility index (Phi) is 9.04. The van der Waals surface area contributed by atoms with Crippen molar-refractivity contribution in [2.24, 2.45) is 11.7 Å². The summed E-state index contributed by atoms with van der Waals surface area (Å²) in [5.74, 6) is 0.517. The first-order valence-electron chi connectivity index (χ1n) is 8.97. The summed E-state index contributed by atoms with van der Waals surface area (Å²) < 4.78 is 0. The number of piperidine rings is 1. The molecule has 1 amide bonds. The predicted octanol–water partition coefficient (Wildman–Crippen LogP) is 3.47. The Balaban J connectivity index is 0.00000156. The van der Waals surface area contributed by atoms with Crippen LogP contribution in [0.25, 0.3) is 0 Å². The molecular weight excluding hydrogens is 357 g/mol. The van der Waals surface area contributed by atoms with Gasteiger partial charge in [0, 0.05) is 43.8 Å². The fourth-order valence-corrected chi connectivity index (χ4v) is 4.06. The van der Waals surface area contributed by atoms with Crippen LogP contribution in [0.1, 0.15) is 38.5 Å². The van der Waals surface area contributed by atoms with Gasteiger partial charge >= 0.3 is 0 Å². The number of nitrogens with two attached hydrogens (primary N) is 1. The molecule has 1 heterocycles. The smallest absolute Gasteiger partial charge is 0.225 e. The van der Waals surface area contributed by atoms with Gasteiger partial charge in [-0.05, 0) is 44.2 Å². The van der Waals surface area contributed by atoms with Crippen molar-refractivity contribution in [2.75, 3.05) is 25.0 Å². The third-order valence-electron chi connectivity index (χ3n) is 5.55. The SMILES string of the molecule is CN(c1ccccc1)C1CCN(C(=O)C2CCCC(N)C2)CC1.Cl.Cl. The molecule has 2 atom stereocenters. The summed E-state index contributed by atoms with van der Waals surface area (Å²) in [6.07, 6.45) is 6.18. The van der Waals surface area contributed by atoms with E-state index < -0.39 is 0 Å². The second-order valence-corrected chi connectivity index (χ2v) is 7.13. The van der Waals surface area contributed by atoms with Crippen LogP contribution in [-0.2, 0) is 4.79 Å². The summed E-state index contributed by atoms with van der Waals surface area (Å²) in [5, 5.41) is 0. The van der Waals surface area contributed by atoms with Crippen LogP contribution < -0.4 is 10.6 Å². The van der Waals surface area contributed by atoms with Gasteiger partial charge in [-0.2, -0.15) is 0 Å². The molecule has 1 saturated carbocycles. The number of carbonyl (C=O) groups is 1. The average Bonchev–Trinajstić information content (AvgIpc) is 2.61. The van der Waals surface area contributed by atoms with E-state index in [0.717, 1.165) is 51.6 Å². The maximum Gasteiger partial charge on any atom is 0.225 e. The Morgan fingerprint density at radius 3 is 2.32 bits per heavy atom. The number of carbonyl (C=O) groups excluding carboxylic acids is 1. The van der Waals surface area contributed by atoms with Gasteiger partial charge in [0.15, 0.2) is 0 Å². The molecule has 0 aromatic heterocycles. The summed E-state index contributed by atoms with van der Waals surface area (Å²) in [7, 11) is 2.16. The number of amides is 1. The second-order valence-electron chi connectivity index (χ2n) is 7.13. The van der Waals surface area contributed by atoms with Gasteiger partial charge in [0.1, 0.15) is 0 Å². The largest absolute Gasteiger partial charge is 0.371 e. The number of rotatable bonds is 3. The van der Waals surface area contributed by atoms with Crippen LogP contribution in [0.5, 0.6) is 0 Å². The predicted molar refractivity (Wildman–Crippen MR) is 109 cm³/mol. The number of likely N-dealkylation sites (tertiary alicyclic amines) is 1. The molecule has 0 bridgehead atoms. The summed E-state index contributed by atoms with van der Waals surface area (Å²) in [4.78, 5) is 17.1. The summed E-state index contributed by atoms with van der Waals surface area (Å²) >= 11 is 0. The molecule has 0 radical (unpaired) electrons. The quantitative estimate of drug-likeness (QED) is 0.863. The summed E-state index contributed by atoms with van der Waals surface area (Å²) in [6.45, 7) is 1.76. The first-order chi connectivity index (χ1) is 11.1. The molecule has 142 valence electrons. The highest BCUT2D eigenvalue weighted by molar-refractivity contribution is 5.85. The lowest BCUT2D eigenvalue weighted by Crippen LogP contribution is -2.48. The van der Waals surface area contributed by atoms with Gasteiger partial charge in [-0.15, -0.1) is 24.8 Å². The molecule has 2 fully saturated rings. The van der Waals surface area contributed by atoms with Gasteiger partial charge in [-0.3, -0.25) is 4.79 Å². The molecule has 4 nitrogen and oxygen atoms in total. The highest BCUT2D eigenvalue weighted by Crippen LogP contribution is 2.27. The number of nitrogens with zero attached hydrogens (tertiary/aromatic N) is 2. The van der Waals surface area contributed by atoms with Crippen molar-refractivity contribution in [3.05, 3.63) is 30.3 Å². The monoisotopic (exact) mass is 387 g/mol. The number of benzene rings is 1.